The van der Waals surface area contributed by atoms with E-state index in [1.165, 1.54) is 6.42 Å². The first-order valence-corrected chi connectivity index (χ1v) is 4.87. The number of nitrogens with zero attached hydrogens (tertiary/aromatic N) is 1. The molecule has 1 rings (SSSR count). The first kappa shape index (κ1) is 10.5. The Morgan fingerprint density at radius 3 is 2.92 bits per heavy atom. The van der Waals surface area contributed by atoms with Gasteiger partial charge in [0.1, 0.15) is 0 Å². The van der Waals surface area contributed by atoms with Crippen molar-refractivity contribution in [3.05, 3.63) is 0 Å². The normalized spacial score (nSPS) is 25.9. The molecule has 1 heterocycles. The molecule has 0 aliphatic carbocycles. The van der Waals surface area contributed by atoms with Crippen LogP contribution in [0.2, 0.25) is 0 Å². The first-order chi connectivity index (χ1) is 6.13. The van der Waals surface area contributed by atoms with Gasteiger partial charge in [-0.2, -0.15) is 0 Å². The van der Waals surface area contributed by atoms with Crippen LogP contribution in [0.1, 0.15) is 26.7 Å². The van der Waals surface area contributed by atoms with Crippen molar-refractivity contribution in [2.75, 3.05) is 13.1 Å². The summed E-state index contributed by atoms with van der Waals surface area (Å²) in [6, 6.07) is 0.313. The lowest BCUT2D eigenvalue weighted by Gasteiger charge is -2.23. The van der Waals surface area contributed by atoms with Crippen LogP contribution in [0.3, 0.4) is 0 Å². The minimum atomic E-state index is -0.0768. The van der Waals surface area contributed by atoms with Crippen molar-refractivity contribution >= 4 is 5.91 Å². The van der Waals surface area contributed by atoms with E-state index < -0.39 is 0 Å². The van der Waals surface area contributed by atoms with Crippen LogP contribution in [0, 0.1) is 5.92 Å². The summed E-state index contributed by atoms with van der Waals surface area (Å²) in [4.78, 5) is 13.3. The molecule has 0 bridgehead atoms. The Morgan fingerprint density at radius 1 is 1.77 bits per heavy atom. The molecule has 4 heteroatoms. The number of carbonyl (C=O) groups excluding carboxylic acids is 1. The van der Waals surface area contributed by atoms with Gasteiger partial charge in [-0.05, 0) is 25.8 Å². The van der Waals surface area contributed by atoms with Gasteiger partial charge in [0, 0.05) is 19.0 Å². The SMILES string of the molecule is CC1CCN(C(C)CC(=O)NN)C1. The second-order valence-electron chi connectivity index (χ2n) is 4.01. The summed E-state index contributed by atoms with van der Waals surface area (Å²) in [5.41, 5.74) is 2.16. The number of nitrogens with one attached hydrogen (secondary N) is 1. The Kier molecular flexibility index (Phi) is 3.69. The topological polar surface area (TPSA) is 58.4 Å². The van der Waals surface area contributed by atoms with Gasteiger partial charge in [-0.25, -0.2) is 5.84 Å². The molecule has 13 heavy (non-hydrogen) atoms. The van der Waals surface area contributed by atoms with E-state index in [-0.39, 0.29) is 5.91 Å². The quantitative estimate of drug-likeness (QED) is 0.372. The van der Waals surface area contributed by atoms with Crippen LogP contribution in [-0.2, 0) is 4.79 Å². The predicted molar refractivity (Wildman–Crippen MR) is 51.8 cm³/mol. The molecule has 2 unspecified atom stereocenters. The number of amides is 1. The fourth-order valence-electron chi connectivity index (χ4n) is 1.83. The van der Waals surface area contributed by atoms with Gasteiger partial charge in [0.05, 0.1) is 0 Å². The Balaban J connectivity index is 2.31. The van der Waals surface area contributed by atoms with E-state index >= 15 is 0 Å². The van der Waals surface area contributed by atoms with Crippen LogP contribution < -0.4 is 11.3 Å². The van der Waals surface area contributed by atoms with Gasteiger partial charge < -0.3 is 0 Å². The van der Waals surface area contributed by atoms with Crippen molar-refractivity contribution in [1.29, 1.82) is 0 Å². The molecule has 4 nitrogen and oxygen atoms in total. The molecule has 76 valence electrons. The number of hydrogen-bond donors (Lipinski definition) is 2. The third-order valence-corrected chi connectivity index (χ3v) is 2.72. The maximum atomic E-state index is 11.0. The highest BCUT2D eigenvalue weighted by Crippen LogP contribution is 2.18. The van der Waals surface area contributed by atoms with E-state index in [1.54, 1.807) is 0 Å². The highest BCUT2D eigenvalue weighted by atomic mass is 16.2. The number of rotatable bonds is 3. The van der Waals surface area contributed by atoms with Gasteiger partial charge in [0.15, 0.2) is 0 Å². The summed E-state index contributed by atoms with van der Waals surface area (Å²) in [5, 5.41) is 0. The fraction of sp³-hybridized carbons (Fsp3) is 0.889. The first-order valence-electron chi connectivity index (χ1n) is 4.87. The number of likely N-dealkylation sites (tertiary alicyclic amines) is 1. The average Bonchev–Trinajstić information content (AvgIpc) is 2.51. The minimum Gasteiger partial charge on any atom is -0.300 e. The van der Waals surface area contributed by atoms with Crippen molar-refractivity contribution in [2.24, 2.45) is 11.8 Å². The lowest BCUT2D eigenvalue weighted by Crippen LogP contribution is -2.38. The molecule has 0 saturated carbocycles. The maximum absolute atomic E-state index is 11.0. The van der Waals surface area contributed by atoms with E-state index in [9.17, 15) is 4.79 Å². The van der Waals surface area contributed by atoms with Crippen molar-refractivity contribution in [2.45, 2.75) is 32.7 Å². The van der Waals surface area contributed by atoms with Gasteiger partial charge in [0.2, 0.25) is 5.91 Å². The van der Waals surface area contributed by atoms with Crippen LogP contribution in [-0.4, -0.2) is 29.9 Å². The van der Waals surface area contributed by atoms with Crippen molar-refractivity contribution < 1.29 is 4.79 Å². The molecule has 0 aromatic rings. The van der Waals surface area contributed by atoms with Crippen molar-refractivity contribution in [3.63, 3.8) is 0 Å². The molecule has 0 aromatic carbocycles. The summed E-state index contributed by atoms with van der Waals surface area (Å²) in [6.07, 6.45) is 1.75. The molecule has 1 aliphatic rings. The third-order valence-electron chi connectivity index (χ3n) is 2.72. The van der Waals surface area contributed by atoms with Gasteiger partial charge in [-0.3, -0.25) is 15.1 Å². The standard InChI is InChI=1S/C9H19N3O/c1-7-3-4-12(6-7)8(2)5-9(13)11-10/h7-8H,3-6,10H2,1-2H3,(H,11,13). The maximum Gasteiger partial charge on any atom is 0.235 e. The van der Waals surface area contributed by atoms with Gasteiger partial charge in [-0.15, -0.1) is 0 Å². The number of hydrogen-bond acceptors (Lipinski definition) is 3. The van der Waals surface area contributed by atoms with Gasteiger partial charge in [0.25, 0.3) is 0 Å². The van der Waals surface area contributed by atoms with Crippen LogP contribution in [0.4, 0.5) is 0 Å². The zero-order valence-electron chi connectivity index (χ0n) is 8.42. The Labute approximate surface area is 79.4 Å². The smallest absolute Gasteiger partial charge is 0.235 e. The van der Waals surface area contributed by atoms with Crippen LogP contribution >= 0.6 is 0 Å². The molecule has 2 atom stereocenters. The Bertz CT molecular complexity index is 184. The molecule has 1 fully saturated rings. The summed E-state index contributed by atoms with van der Waals surface area (Å²) >= 11 is 0. The summed E-state index contributed by atoms with van der Waals surface area (Å²) in [5.74, 6) is 5.72. The molecule has 3 N–H and O–H groups in total. The zero-order chi connectivity index (χ0) is 9.84. The van der Waals surface area contributed by atoms with E-state index in [1.807, 2.05) is 0 Å². The summed E-state index contributed by atoms with van der Waals surface area (Å²) in [6.45, 7) is 6.54. The largest absolute Gasteiger partial charge is 0.300 e. The van der Waals surface area contributed by atoms with E-state index in [0.717, 1.165) is 19.0 Å². The highest BCUT2D eigenvalue weighted by molar-refractivity contribution is 5.75. The van der Waals surface area contributed by atoms with Gasteiger partial charge in [-0.1, -0.05) is 6.92 Å². The molecule has 0 radical (unpaired) electrons. The summed E-state index contributed by atoms with van der Waals surface area (Å²) < 4.78 is 0. The second kappa shape index (κ2) is 4.58. The molecule has 1 saturated heterocycles. The minimum absolute atomic E-state index is 0.0768. The lowest BCUT2D eigenvalue weighted by molar-refractivity contribution is -0.122. The number of carbonyl (C=O) groups is 1. The number of nitrogens with two attached hydrogens (primary N) is 1. The molecule has 1 aliphatic heterocycles. The third kappa shape index (κ3) is 2.97. The molecule has 0 aromatic heterocycles. The molecule has 1 amide bonds. The highest BCUT2D eigenvalue weighted by Gasteiger charge is 2.24. The van der Waals surface area contributed by atoms with E-state index in [2.05, 4.69) is 24.2 Å². The molecular weight excluding hydrogens is 166 g/mol. The molecular formula is C9H19N3O. The Morgan fingerprint density at radius 2 is 2.46 bits per heavy atom. The predicted octanol–water partition coefficient (Wildman–Crippen LogP) is 0.0967. The van der Waals surface area contributed by atoms with Crippen molar-refractivity contribution in [3.8, 4) is 0 Å². The summed E-state index contributed by atoms with van der Waals surface area (Å²) in [7, 11) is 0. The average molecular weight is 185 g/mol. The van der Waals surface area contributed by atoms with Crippen LogP contribution in [0.25, 0.3) is 0 Å². The Hall–Kier alpha value is -0.610. The fourth-order valence-corrected chi connectivity index (χ4v) is 1.83. The van der Waals surface area contributed by atoms with Crippen LogP contribution in [0.5, 0.6) is 0 Å². The second-order valence-corrected chi connectivity index (χ2v) is 4.01. The van der Waals surface area contributed by atoms with Crippen molar-refractivity contribution in [1.82, 2.24) is 10.3 Å². The van der Waals surface area contributed by atoms with Gasteiger partial charge >= 0.3 is 0 Å². The monoisotopic (exact) mass is 185 g/mol. The van der Waals surface area contributed by atoms with E-state index in [4.69, 9.17) is 5.84 Å². The molecule has 0 spiro atoms. The number of hydrazine groups is 1. The lowest BCUT2D eigenvalue weighted by atomic mass is 10.1. The van der Waals surface area contributed by atoms with Crippen LogP contribution in [0.15, 0.2) is 0 Å². The van der Waals surface area contributed by atoms with E-state index in [0.29, 0.717) is 12.5 Å². The zero-order valence-corrected chi connectivity index (χ0v) is 8.42.